The van der Waals surface area contributed by atoms with Crippen molar-refractivity contribution < 1.29 is 4.79 Å². The van der Waals surface area contributed by atoms with Crippen LogP contribution >= 0.6 is 0 Å². The number of fused-ring (bicyclic) bond motifs is 1. The molecular formula is C17H17N5O2. The van der Waals surface area contributed by atoms with Gasteiger partial charge in [-0.25, -0.2) is 9.67 Å². The van der Waals surface area contributed by atoms with Gasteiger partial charge in [0.2, 0.25) is 5.91 Å². The molecule has 1 saturated heterocycles. The third kappa shape index (κ3) is 2.58. The molecule has 1 aromatic carbocycles. The minimum absolute atomic E-state index is 0.0168. The van der Waals surface area contributed by atoms with Crippen LogP contribution in [0.1, 0.15) is 12.5 Å². The lowest BCUT2D eigenvalue weighted by atomic mass is 10.2. The van der Waals surface area contributed by atoms with E-state index in [-0.39, 0.29) is 24.1 Å². The van der Waals surface area contributed by atoms with Gasteiger partial charge in [-0.1, -0.05) is 12.1 Å². The number of nitrogens with zero attached hydrogens (tertiary/aromatic N) is 5. The van der Waals surface area contributed by atoms with Crippen LogP contribution in [0, 0.1) is 0 Å². The largest absolute Gasteiger partial charge is 0.339 e. The lowest BCUT2D eigenvalue weighted by Gasteiger charge is -2.17. The van der Waals surface area contributed by atoms with E-state index in [1.165, 1.54) is 16.9 Å². The molecule has 0 radical (unpaired) electrons. The zero-order valence-electron chi connectivity index (χ0n) is 13.1. The summed E-state index contributed by atoms with van der Waals surface area (Å²) in [7, 11) is 0. The molecule has 3 heterocycles. The van der Waals surface area contributed by atoms with Gasteiger partial charge in [0, 0.05) is 25.4 Å². The first-order valence-corrected chi connectivity index (χ1v) is 7.94. The van der Waals surface area contributed by atoms with E-state index in [0.717, 1.165) is 17.5 Å². The van der Waals surface area contributed by atoms with Crippen LogP contribution in [0.5, 0.6) is 0 Å². The van der Waals surface area contributed by atoms with E-state index >= 15 is 0 Å². The van der Waals surface area contributed by atoms with E-state index in [9.17, 15) is 9.59 Å². The molecule has 4 rings (SSSR count). The number of para-hydroxylation sites is 2. The number of likely N-dealkylation sites (tertiary alicyclic amines) is 1. The van der Waals surface area contributed by atoms with Crippen LogP contribution < -0.4 is 5.56 Å². The Labute approximate surface area is 138 Å². The molecule has 24 heavy (non-hydrogen) atoms. The Kier molecular flexibility index (Phi) is 3.60. The Hall–Kier alpha value is -2.96. The maximum absolute atomic E-state index is 12.4. The second kappa shape index (κ2) is 5.92. The summed E-state index contributed by atoms with van der Waals surface area (Å²) in [5.41, 5.74) is 1.78. The van der Waals surface area contributed by atoms with Crippen molar-refractivity contribution in [2.24, 2.45) is 0 Å². The molecule has 7 nitrogen and oxygen atoms in total. The quantitative estimate of drug-likeness (QED) is 0.723. The SMILES string of the molecule is O=C(Cn1ncccc1=O)N1CC[C@@H](n2cnc3ccccc32)C1. The van der Waals surface area contributed by atoms with Crippen molar-refractivity contribution in [3.05, 3.63) is 59.3 Å². The van der Waals surface area contributed by atoms with Gasteiger partial charge in [-0.05, 0) is 24.6 Å². The molecule has 0 saturated carbocycles. The molecule has 7 heteroatoms. The predicted octanol–water partition coefficient (Wildman–Crippen LogP) is 1.07. The molecule has 3 aromatic rings. The number of hydrogen-bond acceptors (Lipinski definition) is 4. The Morgan fingerprint density at radius 2 is 2.08 bits per heavy atom. The summed E-state index contributed by atoms with van der Waals surface area (Å²) in [4.78, 5) is 30.3. The number of amides is 1. The average Bonchev–Trinajstić information content (AvgIpc) is 3.23. The van der Waals surface area contributed by atoms with Gasteiger partial charge in [0.15, 0.2) is 0 Å². The first kappa shape index (κ1) is 14.6. The van der Waals surface area contributed by atoms with E-state index in [1.54, 1.807) is 11.0 Å². The molecule has 1 atom stereocenters. The fourth-order valence-corrected chi connectivity index (χ4v) is 3.20. The second-order valence-electron chi connectivity index (χ2n) is 5.94. The van der Waals surface area contributed by atoms with Crippen molar-refractivity contribution in [1.82, 2.24) is 24.2 Å². The van der Waals surface area contributed by atoms with Crippen molar-refractivity contribution in [2.75, 3.05) is 13.1 Å². The van der Waals surface area contributed by atoms with Gasteiger partial charge >= 0.3 is 0 Å². The lowest BCUT2D eigenvalue weighted by Crippen LogP contribution is -2.35. The van der Waals surface area contributed by atoms with Gasteiger partial charge in [-0.15, -0.1) is 0 Å². The first-order chi connectivity index (χ1) is 11.7. The fourth-order valence-electron chi connectivity index (χ4n) is 3.20. The van der Waals surface area contributed by atoms with E-state index < -0.39 is 0 Å². The van der Waals surface area contributed by atoms with Crippen LogP contribution in [0.25, 0.3) is 11.0 Å². The molecule has 1 aliphatic rings. The van der Waals surface area contributed by atoms with E-state index in [4.69, 9.17) is 0 Å². The molecule has 1 aliphatic heterocycles. The normalized spacial score (nSPS) is 17.5. The molecule has 0 spiro atoms. The fraction of sp³-hybridized carbons (Fsp3) is 0.294. The van der Waals surface area contributed by atoms with Gasteiger partial charge in [-0.2, -0.15) is 5.10 Å². The number of carbonyl (C=O) groups excluding carboxylic acids is 1. The molecular weight excluding hydrogens is 306 g/mol. The van der Waals surface area contributed by atoms with Gasteiger partial charge in [0.1, 0.15) is 6.54 Å². The van der Waals surface area contributed by atoms with Gasteiger partial charge in [0.05, 0.1) is 23.4 Å². The first-order valence-electron chi connectivity index (χ1n) is 7.94. The number of hydrogen-bond donors (Lipinski definition) is 0. The Balaban J connectivity index is 1.49. The summed E-state index contributed by atoms with van der Waals surface area (Å²) in [5.74, 6) is -0.0808. The Morgan fingerprint density at radius 1 is 1.21 bits per heavy atom. The molecule has 1 fully saturated rings. The maximum atomic E-state index is 12.4. The Bertz CT molecular complexity index is 945. The van der Waals surface area contributed by atoms with Crippen LogP contribution in [-0.4, -0.2) is 43.2 Å². The highest BCUT2D eigenvalue weighted by Crippen LogP contribution is 2.25. The zero-order chi connectivity index (χ0) is 16.5. The zero-order valence-corrected chi connectivity index (χ0v) is 13.1. The molecule has 0 bridgehead atoms. The maximum Gasteiger partial charge on any atom is 0.267 e. The third-order valence-corrected chi connectivity index (χ3v) is 4.46. The summed E-state index contributed by atoms with van der Waals surface area (Å²) < 4.78 is 3.33. The van der Waals surface area contributed by atoms with E-state index in [1.807, 2.05) is 30.6 Å². The topological polar surface area (TPSA) is 73.0 Å². The van der Waals surface area contributed by atoms with Crippen LogP contribution in [0.15, 0.2) is 53.7 Å². The number of carbonyl (C=O) groups is 1. The van der Waals surface area contributed by atoms with Crippen LogP contribution in [0.3, 0.4) is 0 Å². The van der Waals surface area contributed by atoms with Crippen LogP contribution in [0.2, 0.25) is 0 Å². The standard InChI is InChI=1S/C17H17N5O2/c23-16-6-3-8-19-22(16)11-17(24)20-9-7-13(10-20)21-12-18-14-4-1-2-5-15(14)21/h1-6,8,12-13H,7,9-11H2/t13-/m1/s1. The number of aromatic nitrogens is 4. The van der Waals surface area contributed by atoms with Gasteiger partial charge in [0.25, 0.3) is 5.56 Å². The monoisotopic (exact) mass is 323 g/mol. The van der Waals surface area contributed by atoms with Crippen LogP contribution in [-0.2, 0) is 11.3 Å². The van der Waals surface area contributed by atoms with E-state index in [0.29, 0.717) is 13.1 Å². The van der Waals surface area contributed by atoms with Crippen molar-refractivity contribution in [3.63, 3.8) is 0 Å². The number of imidazole rings is 1. The molecule has 0 aliphatic carbocycles. The molecule has 0 unspecified atom stereocenters. The summed E-state index contributed by atoms with van der Waals surface area (Å²) in [6, 6.07) is 11.2. The highest BCUT2D eigenvalue weighted by Gasteiger charge is 2.28. The van der Waals surface area contributed by atoms with Crippen LogP contribution in [0.4, 0.5) is 0 Å². The molecule has 2 aromatic heterocycles. The summed E-state index contributed by atoms with van der Waals surface area (Å²) in [5, 5.41) is 3.94. The number of rotatable bonds is 3. The number of benzene rings is 1. The highest BCUT2D eigenvalue weighted by molar-refractivity contribution is 5.77. The van der Waals surface area contributed by atoms with Gasteiger partial charge < -0.3 is 9.47 Å². The van der Waals surface area contributed by atoms with Crippen molar-refractivity contribution in [2.45, 2.75) is 19.0 Å². The van der Waals surface area contributed by atoms with E-state index in [2.05, 4.69) is 14.6 Å². The molecule has 122 valence electrons. The summed E-state index contributed by atoms with van der Waals surface area (Å²) >= 11 is 0. The minimum atomic E-state index is -0.262. The van der Waals surface area contributed by atoms with Crippen molar-refractivity contribution in [3.8, 4) is 0 Å². The third-order valence-electron chi connectivity index (χ3n) is 4.46. The van der Waals surface area contributed by atoms with Crippen molar-refractivity contribution in [1.29, 1.82) is 0 Å². The Morgan fingerprint density at radius 3 is 2.96 bits per heavy atom. The summed E-state index contributed by atoms with van der Waals surface area (Å²) in [6.07, 6.45) is 4.23. The highest BCUT2D eigenvalue weighted by atomic mass is 16.2. The molecule has 0 N–H and O–H groups in total. The van der Waals surface area contributed by atoms with Gasteiger partial charge in [-0.3, -0.25) is 9.59 Å². The minimum Gasteiger partial charge on any atom is -0.339 e. The molecule has 1 amide bonds. The lowest BCUT2D eigenvalue weighted by molar-refractivity contribution is -0.131. The van der Waals surface area contributed by atoms with Crippen molar-refractivity contribution >= 4 is 16.9 Å². The average molecular weight is 323 g/mol. The predicted molar refractivity (Wildman–Crippen MR) is 88.5 cm³/mol. The smallest absolute Gasteiger partial charge is 0.267 e. The second-order valence-corrected chi connectivity index (χ2v) is 5.94. The summed E-state index contributed by atoms with van der Waals surface area (Å²) in [6.45, 7) is 1.29.